The van der Waals surface area contributed by atoms with Crippen LogP contribution in [0.3, 0.4) is 0 Å². The molecule has 1 atom stereocenters. The Hall–Kier alpha value is -0.340. The highest BCUT2D eigenvalue weighted by Gasteiger charge is 2.01. The van der Waals surface area contributed by atoms with Crippen LogP contribution in [-0.2, 0) is 0 Å². The number of allylic oxidation sites excluding steroid dienone is 1. The van der Waals surface area contributed by atoms with Crippen molar-refractivity contribution >= 4 is 0 Å². The highest BCUT2D eigenvalue weighted by molar-refractivity contribution is 4.98. The average Bonchev–Trinajstić information content (AvgIpc) is 1.99. The molecule has 0 aliphatic carbocycles. The van der Waals surface area contributed by atoms with Gasteiger partial charge in [-0.15, -0.1) is 0 Å². The molecule has 0 rings (SSSR count). The summed E-state index contributed by atoms with van der Waals surface area (Å²) in [6, 6.07) is 0.441. The first-order valence-corrected chi connectivity index (χ1v) is 3.73. The molecule has 1 unspecified atom stereocenters. The molecule has 0 amide bonds. The quantitative estimate of drug-likeness (QED) is 0.572. The molecule has 0 aliphatic rings. The first-order chi connectivity index (χ1) is 4.74. The largest absolute Gasteiger partial charge is 0.329 e. The third kappa shape index (κ3) is 3.64. The second-order valence-electron chi connectivity index (χ2n) is 2.56. The maximum Gasteiger partial charge on any atom is 0.0224 e. The van der Waals surface area contributed by atoms with E-state index in [4.69, 9.17) is 5.73 Å². The Balaban J connectivity index is 3.63. The van der Waals surface area contributed by atoms with Crippen LogP contribution in [0.15, 0.2) is 11.6 Å². The highest BCUT2D eigenvalue weighted by atomic mass is 14.9. The van der Waals surface area contributed by atoms with Crippen molar-refractivity contribution in [2.75, 3.05) is 13.6 Å². The minimum Gasteiger partial charge on any atom is -0.329 e. The van der Waals surface area contributed by atoms with Crippen molar-refractivity contribution in [3.63, 3.8) is 0 Å². The lowest BCUT2D eigenvalue weighted by atomic mass is 10.1. The molecule has 60 valence electrons. The number of nitrogens with two attached hydrogens (primary N) is 1. The molecule has 2 heteroatoms. The summed E-state index contributed by atoms with van der Waals surface area (Å²) < 4.78 is 0. The molecule has 0 spiro atoms. The van der Waals surface area contributed by atoms with Crippen molar-refractivity contribution in [2.24, 2.45) is 5.73 Å². The van der Waals surface area contributed by atoms with Gasteiger partial charge in [0.15, 0.2) is 0 Å². The van der Waals surface area contributed by atoms with Gasteiger partial charge in [0.05, 0.1) is 0 Å². The molecule has 0 aromatic rings. The van der Waals surface area contributed by atoms with E-state index < -0.39 is 0 Å². The van der Waals surface area contributed by atoms with Gasteiger partial charge in [-0.25, -0.2) is 0 Å². The number of likely N-dealkylation sites (N-methyl/N-ethyl adjacent to an activating group) is 1. The summed E-state index contributed by atoms with van der Waals surface area (Å²) in [6.45, 7) is 4.89. The Bertz CT molecular complexity index is 104. The third-order valence-electron chi connectivity index (χ3n) is 1.75. The molecule has 0 heterocycles. The van der Waals surface area contributed by atoms with Gasteiger partial charge in [-0.2, -0.15) is 0 Å². The van der Waals surface area contributed by atoms with Crippen LogP contribution >= 0.6 is 0 Å². The Morgan fingerprint density at radius 2 is 2.30 bits per heavy atom. The molecule has 0 saturated heterocycles. The van der Waals surface area contributed by atoms with E-state index in [2.05, 4.69) is 25.2 Å². The maximum absolute atomic E-state index is 5.50. The van der Waals surface area contributed by atoms with Crippen LogP contribution in [0.5, 0.6) is 0 Å². The van der Waals surface area contributed by atoms with E-state index >= 15 is 0 Å². The van der Waals surface area contributed by atoms with E-state index in [9.17, 15) is 0 Å². The number of hydrogen-bond donors (Lipinski definition) is 2. The van der Waals surface area contributed by atoms with Crippen molar-refractivity contribution in [2.45, 2.75) is 26.3 Å². The predicted octanol–water partition coefficient (Wildman–Crippen LogP) is 0.889. The van der Waals surface area contributed by atoms with Gasteiger partial charge in [0.2, 0.25) is 0 Å². The molecule has 0 aromatic carbocycles. The van der Waals surface area contributed by atoms with Gasteiger partial charge in [0.25, 0.3) is 0 Å². The molecule has 0 aromatic heterocycles. The summed E-state index contributed by atoms with van der Waals surface area (Å²) in [5, 5.41) is 3.15. The molecule has 0 radical (unpaired) electrons. The maximum atomic E-state index is 5.50. The predicted molar refractivity (Wildman–Crippen MR) is 46.0 cm³/mol. The summed E-state index contributed by atoms with van der Waals surface area (Å²) in [6.07, 6.45) is 3.18. The fourth-order valence-electron chi connectivity index (χ4n) is 0.810. The molecule has 0 fully saturated rings. The second-order valence-corrected chi connectivity index (χ2v) is 2.56. The number of rotatable bonds is 4. The van der Waals surface area contributed by atoms with Crippen LogP contribution in [0, 0.1) is 0 Å². The third-order valence-corrected chi connectivity index (χ3v) is 1.75. The second kappa shape index (κ2) is 5.45. The lowest BCUT2D eigenvalue weighted by Gasteiger charge is -2.12. The average molecular weight is 142 g/mol. The van der Waals surface area contributed by atoms with Crippen LogP contribution in [0.1, 0.15) is 20.3 Å². The Kier molecular flexibility index (Phi) is 5.26. The lowest BCUT2D eigenvalue weighted by molar-refractivity contribution is 0.566. The van der Waals surface area contributed by atoms with Crippen LogP contribution in [0.4, 0.5) is 0 Å². The molecule has 0 bridgehead atoms. The van der Waals surface area contributed by atoms with Gasteiger partial charge < -0.3 is 11.1 Å². The fourth-order valence-corrected chi connectivity index (χ4v) is 0.810. The van der Waals surface area contributed by atoms with Gasteiger partial charge in [-0.1, -0.05) is 11.6 Å². The van der Waals surface area contributed by atoms with Gasteiger partial charge in [-0.05, 0) is 27.3 Å². The zero-order valence-corrected chi connectivity index (χ0v) is 7.15. The van der Waals surface area contributed by atoms with Gasteiger partial charge >= 0.3 is 0 Å². The van der Waals surface area contributed by atoms with E-state index in [1.807, 2.05) is 7.05 Å². The van der Waals surface area contributed by atoms with Crippen LogP contribution in [0.25, 0.3) is 0 Å². The lowest BCUT2D eigenvalue weighted by Crippen LogP contribution is -2.33. The van der Waals surface area contributed by atoms with Crippen molar-refractivity contribution in [3.05, 3.63) is 11.6 Å². The summed E-state index contributed by atoms with van der Waals surface area (Å²) in [5.74, 6) is 0. The van der Waals surface area contributed by atoms with E-state index in [1.54, 1.807) is 0 Å². The zero-order valence-electron chi connectivity index (χ0n) is 7.15. The van der Waals surface area contributed by atoms with E-state index in [-0.39, 0.29) is 0 Å². The van der Waals surface area contributed by atoms with Crippen molar-refractivity contribution < 1.29 is 0 Å². The Morgan fingerprint density at radius 1 is 1.70 bits per heavy atom. The van der Waals surface area contributed by atoms with E-state index in [0.29, 0.717) is 12.6 Å². The highest BCUT2D eigenvalue weighted by Crippen LogP contribution is 2.02. The minimum absolute atomic E-state index is 0.441. The number of nitrogens with one attached hydrogen (secondary N) is 1. The summed E-state index contributed by atoms with van der Waals surface area (Å²) in [5.41, 5.74) is 6.89. The first kappa shape index (κ1) is 9.66. The van der Waals surface area contributed by atoms with Crippen molar-refractivity contribution in [1.29, 1.82) is 0 Å². The molecular weight excluding hydrogens is 124 g/mol. The normalized spacial score (nSPS) is 15.4. The SMILES string of the molecule is C/C=C(\C)CC(CN)NC. The molecular formula is C8H18N2. The summed E-state index contributed by atoms with van der Waals surface area (Å²) >= 11 is 0. The summed E-state index contributed by atoms with van der Waals surface area (Å²) in [7, 11) is 1.94. The van der Waals surface area contributed by atoms with Crippen molar-refractivity contribution in [3.8, 4) is 0 Å². The molecule has 0 saturated carbocycles. The fraction of sp³-hybridized carbons (Fsp3) is 0.750. The monoisotopic (exact) mass is 142 g/mol. The van der Waals surface area contributed by atoms with E-state index in [0.717, 1.165) is 6.42 Å². The molecule has 10 heavy (non-hydrogen) atoms. The molecule has 3 N–H and O–H groups in total. The number of hydrogen-bond acceptors (Lipinski definition) is 2. The smallest absolute Gasteiger partial charge is 0.0224 e. The molecule has 0 aliphatic heterocycles. The van der Waals surface area contributed by atoms with Gasteiger partial charge in [0, 0.05) is 12.6 Å². The van der Waals surface area contributed by atoms with Crippen LogP contribution in [-0.4, -0.2) is 19.6 Å². The Morgan fingerprint density at radius 3 is 2.60 bits per heavy atom. The molecule has 2 nitrogen and oxygen atoms in total. The van der Waals surface area contributed by atoms with Crippen LogP contribution in [0.2, 0.25) is 0 Å². The zero-order chi connectivity index (χ0) is 7.98. The van der Waals surface area contributed by atoms with Gasteiger partial charge in [-0.3, -0.25) is 0 Å². The summed E-state index contributed by atoms with van der Waals surface area (Å²) in [4.78, 5) is 0. The van der Waals surface area contributed by atoms with Gasteiger partial charge in [0.1, 0.15) is 0 Å². The minimum atomic E-state index is 0.441. The first-order valence-electron chi connectivity index (χ1n) is 3.73. The van der Waals surface area contributed by atoms with Crippen LogP contribution < -0.4 is 11.1 Å². The standard InChI is InChI=1S/C8H18N2/c1-4-7(2)5-8(6-9)10-3/h4,8,10H,5-6,9H2,1-3H3/b7-4+. The Labute approximate surface area is 63.5 Å². The van der Waals surface area contributed by atoms with Crippen molar-refractivity contribution in [1.82, 2.24) is 5.32 Å². The topological polar surface area (TPSA) is 38.0 Å². The van der Waals surface area contributed by atoms with E-state index in [1.165, 1.54) is 5.57 Å².